The molecule has 1 fully saturated rings. The number of benzene rings is 1. The third kappa shape index (κ3) is 4.51. The van der Waals surface area contributed by atoms with E-state index in [9.17, 15) is 4.79 Å². The maximum atomic E-state index is 12.8. The van der Waals surface area contributed by atoms with E-state index in [1.54, 1.807) is 24.5 Å². The Labute approximate surface area is 143 Å². The molecule has 4 heteroatoms. The minimum atomic E-state index is -0.335. The fourth-order valence-electron chi connectivity index (χ4n) is 3.21. The van der Waals surface area contributed by atoms with Gasteiger partial charge in [-0.3, -0.25) is 14.8 Å². The molecule has 4 nitrogen and oxygen atoms in total. The van der Waals surface area contributed by atoms with E-state index in [0.29, 0.717) is 5.92 Å². The molecule has 0 bridgehead atoms. The predicted molar refractivity (Wildman–Crippen MR) is 97.3 cm³/mol. The molecule has 0 spiro atoms. The molecule has 3 rings (SSSR count). The highest BCUT2D eigenvalue weighted by molar-refractivity contribution is 5.96. The van der Waals surface area contributed by atoms with Gasteiger partial charge in [0.25, 0.3) is 0 Å². The monoisotopic (exact) mass is 321 g/mol. The number of aliphatic imine (C=N–C) groups is 1. The Morgan fingerprint density at radius 3 is 2.50 bits per heavy atom. The van der Waals surface area contributed by atoms with Crippen LogP contribution in [0.5, 0.6) is 0 Å². The number of nitrogens with zero attached hydrogens (tertiary/aromatic N) is 2. The van der Waals surface area contributed by atoms with Crippen molar-refractivity contribution in [2.24, 2.45) is 10.9 Å². The highest BCUT2D eigenvalue weighted by Gasteiger charge is 2.28. The van der Waals surface area contributed by atoms with Crippen LogP contribution in [0.15, 0.2) is 59.9 Å². The van der Waals surface area contributed by atoms with Gasteiger partial charge in [-0.1, -0.05) is 49.6 Å². The molecule has 0 aliphatic heterocycles. The fourth-order valence-corrected chi connectivity index (χ4v) is 3.21. The average molecular weight is 321 g/mol. The lowest BCUT2D eigenvalue weighted by Gasteiger charge is -2.26. The average Bonchev–Trinajstić information content (AvgIpc) is 2.64. The minimum Gasteiger partial charge on any atom is -0.324 e. The molecule has 1 amide bonds. The molecule has 124 valence electrons. The van der Waals surface area contributed by atoms with Crippen LogP contribution in [0.4, 0.5) is 5.69 Å². The van der Waals surface area contributed by atoms with Crippen molar-refractivity contribution in [3.8, 4) is 0 Å². The SMILES string of the molecule is O=C(Nc1ccncc1)C(N=Cc1ccccc1)C1CCCCC1. The topological polar surface area (TPSA) is 54.4 Å². The molecule has 1 saturated carbocycles. The third-order valence-electron chi connectivity index (χ3n) is 4.50. The number of nitrogens with one attached hydrogen (secondary N) is 1. The summed E-state index contributed by atoms with van der Waals surface area (Å²) in [4.78, 5) is 21.4. The zero-order valence-electron chi connectivity index (χ0n) is 13.8. The largest absolute Gasteiger partial charge is 0.324 e. The first kappa shape index (κ1) is 16.4. The third-order valence-corrected chi connectivity index (χ3v) is 4.50. The minimum absolute atomic E-state index is 0.0275. The van der Waals surface area contributed by atoms with Crippen LogP contribution in [-0.2, 0) is 4.79 Å². The Morgan fingerprint density at radius 2 is 1.79 bits per heavy atom. The van der Waals surface area contributed by atoms with E-state index >= 15 is 0 Å². The Kier molecular flexibility index (Phi) is 5.72. The van der Waals surface area contributed by atoms with Crippen molar-refractivity contribution in [2.75, 3.05) is 5.32 Å². The van der Waals surface area contributed by atoms with E-state index in [0.717, 1.165) is 24.1 Å². The fraction of sp³-hybridized carbons (Fsp3) is 0.350. The van der Waals surface area contributed by atoms with E-state index < -0.39 is 0 Å². The number of rotatable bonds is 5. The summed E-state index contributed by atoms with van der Waals surface area (Å²) in [7, 11) is 0. The van der Waals surface area contributed by atoms with Crippen molar-refractivity contribution in [3.05, 3.63) is 60.4 Å². The summed E-state index contributed by atoms with van der Waals surface area (Å²) >= 11 is 0. The Morgan fingerprint density at radius 1 is 1.08 bits per heavy atom. The lowest BCUT2D eigenvalue weighted by atomic mass is 9.83. The van der Waals surface area contributed by atoms with Gasteiger partial charge in [-0.25, -0.2) is 0 Å². The molecule has 24 heavy (non-hydrogen) atoms. The summed E-state index contributed by atoms with van der Waals surface area (Å²) in [6.45, 7) is 0. The summed E-state index contributed by atoms with van der Waals surface area (Å²) in [5.74, 6) is 0.292. The molecule has 1 aromatic carbocycles. The zero-order valence-corrected chi connectivity index (χ0v) is 13.8. The van der Waals surface area contributed by atoms with Crippen LogP contribution >= 0.6 is 0 Å². The predicted octanol–water partition coefficient (Wildman–Crippen LogP) is 4.09. The van der Waals surface area contributed by atoms with Crippen LogP contribution in [-0.4, -0.2) is 23.1 Å². The molecule has 0 radical (unpaired) electrons. The standard InChI is InChI=1S/C20H23N3O/c24-20(23-18-11-13-21-14-12-18)19(17-9-5-2-6-10-17)22-15-16-7-3-1-4-8-16/h1,3-4,7-8,11-15,17,19H,2,5-6,9-10H2,(H,21,23,24). The number of carbonyl (C=O) groups is 1. The first-order valence-electron chi connectivity index (χ1n) is 8.62. The summed E-state index contributed by atoms with van der Waals surface area (Å²) < 4.78 is 0. The Hall–Kier alpha value is -2.49. The second kappa shape index (κ2) is 8.39. The number of amides is 1. The Bertz CT molecular complexity index is 664. The summed E-state index contributed by atoms with van der Waals surface area (Å²) in [6, 6.07) is 13.2. The van der Waals surface area contributed by atoms with Crippen LogP contribution < -0.4 is 5.32 Å². The van der Waals surface area contributed by atoms with Gasteiger partial charge in [-0.2, -0.15) is 0 Å². The van der Waals surface area contributed by atoms with Crippen molar-refractivity contribution in [1.29, 1.82) is 0 Å². The molecule has 1 aliphatic carbocycles. The van der Waals surface area contributed by atoms with Gasteiger partial charge in [0, 0.05) is 24.3 Å². The van der Waals surface area contributed by atoms with Crippen LogP contribution in [0.1, 0.15) is 37.7 Å². The van der Waals surface area contributed by atoms with Gasteiger partial charge in [0.05, 0.1) is 0 Å². The van der Waals surface area contributed by atoms with Gasteiger partial charge in [0.15, 0.2) is 0 Å². The van der Waals surface area contributed by atoms with E-state index in [4.69, 9.17) is 0 Å². The number of pyridine rings is 1. The van der Waals surface area contributed by atoms with E-state index in [1.807, 2.05) is 36.5 Å². The van der Waals surface area contributed by atoms with E-state index in [-0.39, 0.29) is 11.9 Å². The van der Waals surface area contributed by atoms with Gasteiger partial charge in [-0.15, -0.1) is 0 Å². The molecule has 1 aromatic heterocycles. The van der Waals surface area contributed by atoms with E-state index in [2.05, 4.69) is 15.3 Å². The summed E-state index contributed by atoms with van der Waals surface area (Å²) in [6.07, 6.45) is 11.0. The molecule has 1 aliphatic rings. The summed E-state index contributed by atoms with van der Waals surface area (Å²) in [5.41, 5.74) is 1.79. The zero-order chi connectivity index (χ0) is 16.6. The quantitative estimate of drug-likeness (QED) is 0.843. The molecule has 1 heterocycles. The van der Waals surface area contributed by atoms with Crippen molar-refractivity contribution in [3.63, 3.8) is 0 Å². The first-order chi connectivity index (χ1) is 11.8. The van der Waals surface area contributed by atoms with Gasteiger partial charge < -0.3 is 5.32 Å². The lowest BCUT2D eigenvalue weighted by molar-refractivity contribution is -0.118. The number of anilines is 1. The molecular formula is C20H23N3O. The highest BCUT2D eigenvalue weighted by atomic mass is 16.2. The van der Waals surface area contributed by atoms with Gasteiger partial charge in [-0.05, 0) is 36.5 Å². The molecule has 1 atom stereocenters. The molecule has 1 unspecified atom stereocenters. The lowest BCUT2D eigenvalue weighted by Crippen LogP contribution is -2.34. The van der Waals surface area contributed by atoms with Gasteiger partial charge in [0.2, 0.25) is 5.91 Å². The smallest absolute Gasteiger partial charge is 0.249 e. The van der Waals surface area contributed by atoms with Crippen LogP contribution in [0.3, 0.4) is 0 Å². The van der Waals surface area contributed by atoms with Crippen molar-refractivity contribution in [1.82, 2.24) is 4.98 Å². The molecule has 0 saturated heterocycles. The van der Waals surface area contributed by atoms with Gasteiger partial charge in [0.1, 0.15) is 6.04 Å². The number of aromatic nitrogens is 1. The maximum absolute atomic E-state index is 12.8. The maximum Gasteiger partial charge on any atom is 0.249 e. The van der Waals surface area contributed by atoms with Crippen LogP contribution in [0.2, 0.25) is 0 Å². The van der Waals surface area contributed by atoms with Crippen molar-refractivity contribution >= 4 is 17.8 Å². The first-order valence-corrected chi connectivity index (χ1v) is 8.62. The summed E-state index contributed by atoms with van der Waals surface area (Å²) in [5, 5.41) is 2.98. The second-order valence-corrected chi connectivity index (χ2v) is 6.26. The number of hydrogen-bond acceptors (Lipinski definition) is 3. The molecule has 1 N–H and O–H groups in total. The van der Waals surface area contributed by atoms with E-state index in [1.165, 1.54) is 19.3 Å². The van der Waals surface area contributed by atoms with Crippen LogP contribution in [0, 0.1) is 5.92 Å². The second-order valence-electron chi connectivity index (χ2n) is 6.26. The van der Waals surface area contributed by atoms with Crippen molar-refractivity contribution < 1.29 is 4.79 Å². The number of carbonyl (C=O) groups excluding carboxylic acids is 1. The van der Waals surface area contributed by atoms with Gasteiger partial charge >= 0.3 is 0 Å². The van der Waals surface area contributed by atoms with Crippen molar-refractivity contribution in [2.45, 2.75) is 38.1 Å². The normalized spacial score (nSPS) is 16.8. The molecular weight excluding hydrogens is 298 g/mol. The molecule has 2 aromatic rings. The highest BCUT2D eigenvalue weighted by Crippen LogP contribution is 2.28. The number of hydrogen-bond donors (Lipinski definition) is 1. The van der Waals surface area contributed by atoms with Crippen LogP contribution in [0.25, 0.3) is 0 Å². The Balaban J connectivity index is 1.76.